The van der Waals surface area contributed by atoms with Crippen molar-refractivity contribution in [2.24, 2.45) is 0 Å². The van der Waals surface area contributed by atoms with Gasteiger partial charge in [0.1, 0.15) is 34.5 Å². The fourth-order valence-electron chi connectivity index (χ4n) is 3.05. The van der Waals surface area contributed by atoms with Gasteiger partial charge in [-0.25, -0.2) is 0 Å². The molecule has 0 radical (unpaired) electrons. The van der Waals surface area contributed by atoms with Crippen molar-refractivity contribution in [3.63, 3.8) is 0 Å². The molecule has 0 amide bonds. The molecule has 23 heavy (non-hydrogen) atoms. The van der Waals surface area contributed by atoms with Gasteiger partial charge in [0.2, 0.25) is 5.43 Å². The van der Waals surface area contributed by atoms with Crippen LogP contribution in [0.4, 0.5) is 0 Å². The number of carbonyl (C=O) groups is 1. The first-order valence-corrected chi connectivity index (χ1v) is 7.03. The molecule has 1 heterocycles. The summed E-state index contributed by atoms with van der Waals surface area (Å²) in [4.78, 5) is 24.8. The van der Waals surface area contributed by atoms with E-state index in [9.17, 15) is 24.9 Å². The van der Waals surface area contributed by atoms with Crippen molar-refractivity contribution in [1.82, 2.24) is 0 Å². The number of esters is 1. The molecule has 0 spiro atoms. The molecule has 0 aliphatic heterocycles. The molecule has 1 aliphatic rings. The Morgan fingerprint density at radius 3 is 2.78 bits per heavy atom. The zero-order chi connectivity index (χ0) is 16.9. The molecule has 3 N–H and O–H groups in total. The number of carbonyl (C=O) groups excluding carboxylic acids is 1. The van der Waals surface area contributed by atoms with E-state index in [0.717, 1.165) is 7.11 Å². The number of aromatic hydroxyl groups is 1. The van der Waals surface area contributed by atoms with Crippen molar-refractivity contribution in [1.29, 1.82) is 0 Å². The normalized spacial score (nSPS) is 26.8. The largest absolute Gasteiger partial charge is 0.507 e. The Bertz CT molecular complexity index is 849. The number of phenols is 1. The fraction of sp³-hybridized carbons (Fsp3) is 0.375. The summed E-state index contributed by atoms with van der Waals surface area (Å²) in [5.74, 6) is -2.44. The third kappa shape index (κ3) is 2.20. The molecule has 1 aliphatic carbocycles. The van der Waals surface area contributed by atoms with Crippen molar-refractivity contribution in [3.05, 3.63) is 39.7 Å². The van der Waals surface area contributed by atoms with Gasteiger partial charge in [0, 0.05) is 6.42 Å². The van der Waals surface area contributed by atoms with Gasteiger partial charge in [0.25, 0.3) is 0 Å². The van der Waals surface area contributed by atoms with Crippen LogP contribution in [0.5, 0.6) is 5.75 Å². The standard InChI is InChI=1S/C16H16O7/c1-16(21)6-9-11(12(14(16)19)15(20)22-2)13(18)10-7(17)4-3-5-8(10)23-9/h3-5,12,14,17,19,21H,6H2,1-2H3/t12-,14-,16-/m0/s1. The highest BCUT2D eigenvalue weighted by atomic mass is 16.5. The molecule has 3 atom stereocenters. The molecule has 0 unspecified atom stereocenters. The van der Waals surface area contributed by atoms with Crippen LogP contribution in [0.3, 0.4) is 0 Å². The number of aliphatic hydroxyl groups is 2. The predicted octanol–water partition coefficient (Wildman–Crippen LogP) is 0.423. The Balaban J connectivity index is 2.39. The number of fused-ring (bicyclic) bond motifs is 2. The second-order valence-electron chi connectivity index (χ2n) is 5.90. The van der Waals surface area contributed by atoms with Gasteiger partial charge in [-0.1, -0.05) is 6.07 Å². The van der Waals surface area contributed by atoms with Gasteiger partial charge < -0.3 is 24.5 Å². The number of rotatable bonds is 1. The summed E-state index contributed by atoms with van der Waals surface area (Å²) in [5.41, 5.74) is -2.23. The summed E-state index contributed by atoms with van der Waals surface area (Å²) in [6, 6.07) is 4.35. The van der Waals surface area contributed by atoms with Crippen molar-refractivity contribution in [2.45, 2.75) is 31.0 Å². The number of benzene rings is 1. The van der Waals surface area contributed by atoms with Crippen molar-refractivity contribution < 1.29 is 29.3 Å². The highest BCUT2D eigenvalue weighted by molar-refractivity contribution is 5.87. The Labute approximate surface area is 130 Å². The van der Waals surface area contributed by atoms with Crippen LogP contribution >= 0.6 is 0 Å². The van der Waals surface area contributed by atoms with E-state index in [4.69, 9.17) is 4.42 Å². The first kappa shape index (κ1) is 15.5. The van der Waals surface area contributed by atoms with E-state index >= 15 is 0 Å². The smallest absolute Gasteiger partial charge is 0.316 e. The van der Waals surface area contributed by atoms with Gasteiger partial charge in [-0.2, -0.15) is 0 Å². The Morgan fingerprint density at radius 1 is 1.43 bits per heavy atom. The van der Waals surface area contributed by atoms with Crippen LogP contribution in [0.2, 0.25) is 0 Å². The first-order chi connectivity index (χ1) is 10.8. The summed E-state index contributed by atoms with van der Waals surface area (Å²) < 4.78 is 10.3. The summed E-state index contributed by atoms with van der Waals surface area (Å²) >= 11 is 0. The minimum Gasteiger partial charge on any atom is -0.507 e. The van der Waals surface area contributed by atoms with Crippen molar-refractivity contribution in [2.75, 3.05) is 7.11 Å². The third-order valence-electron chi connectivity index (χ3n) is 4.25. The SMILES string of the molecule is COC(=O)[C@H]1c2c(oc3cccc(O)c3c2=O)C[C@](C)(O)[C@H]1O. The van der Waals surface area contributed by atoms with Crippen molar-refractivity contribution in [3.8, 4) is 5.75 Å². The van der Waals surface area contributed by atoms with Crippen LogP contribution < -0.4 is 5.43 Å². The minimum atomic E-state index is -1.66. The maximum absolute atomic E-state index is 12.8. The Hall–Kier alpha value is -2.38. The van der Waals surface area contributed by atoms with Gasteiger partial charge in [0.15, 0.2) is 0 Å². The van der Waals surface area contributed by atoms with Gasteiger partial charge in [-0.05, 0) is 19.1 Å². The van der Waals surface area contributed by atoms with Gasteiger partial charge in [-0.3, -0.25) is 9.59 Å². The molecule has 0 saturated carbocycles. The lowest BCUT2D eigenvalue weighted by atomic mass is 9.74. The van der Waals surface area contributed by atoms with E-state index in [1.54, 1.807) is 0 Å². The lowest BCUT2D eigenvalue weighted by Crippen LogP contribution is -2.52. The first-order valence-electron chi connectivity index (χ1n) is 7.03. The number of methoxy groups -OCH3 is 1. The van der Waals surface area contributed by atoms with Crippen LogP contribution in [0, 0.1) is 0 Å². The third-order valence-corrected chi connectivity index (χ3v) is 4.25. The lowest BCUT2D eigenvalue weighted by Gasteiger charge is -2.38. The second-order valence-corrected chi connectivity index (χ2v) is 5.90. The molecule has 122 valence electrons. The van der Waals surface area contributed by atoms with Crippen LogP contribution in [0.25, 0.3) is 11.0 Å². The predicted molar refractivity (Wildman–Crippen MR) is 79.2 cm³/mol. The fourth-order valence-corrected chi connectivity index (χ4v) is 3.05. The zero-order valence-electron chi connectivity index (χ0n) is 12.6. The maximum Gasteiger partial charge on any atom is 0.316 e. The zero-order valence-corrected chi connectivity index (χ0v) is 12.6. The van der Waals surface area contributed by atoms with Crippen LogP contribution in [0.15, 0.2) is 27.4 Å². The van der Waals surface area contributed by atoms with Crippen LogP contribution in [0.1, 0.15) is 24.2 Å². The van der Waals surface area contributed by atoms with Crippen LogP contribution in [-0.4, -0.2) is 40.1 Å². The Kier molecular flexibility index (Phi) is 3.42. The van der Waals surface area contributed by atoms with Crippen LogP contribution in [-0.2, 0) is 16.0 Å². The molecule has 3 rings (SSSR count). The number of phenolic OH excluding ortho intramolecular Hbond substituents is 1. The van der Waals surface area contributed by atoms with E-state index in [1.807, 2.05) is 0 Å². The van der Waals surface area contributed by atoms with E-state index in [-0.39, 0.29) is 34.5 Å². The molecular formula is C16H16O7. The average Bonchev–Trinajstić information content (AvgIpc) is 2.48. The molecule has 0 saturated heterocycles. The summed E-state index contributed by atoms with van der Waals surface area (Å²) in [6.45, 7) is 1.35. The topological polar surface area (TPSA) is 117 Å². The second kappa shape index (κ2) is 5.07. The summed E-state index contributed by atoms with van der Waals surface area (Å²) in [6.07, 6.45) is -1.67. The average molecular weight is 320 g/mol. The molecule has 0 bridgehead atoms. The molecule has 1 aromatic carbocycles. The van der Waals surface area contributed by atoms with E-state index in [0.29, 0.717) is 0 Å². The highest BCUT2D eigenvalue weighted by Crippen LogP contribution is 2.38. The maximum atomic E-state index is 12.8. The minimum absolute atomic E-state index is 0.0751. The molecule has 7 nitrogen and oxygen atoms in total. The number of aliphatic hydroxyl groups excluding tert-OH is 1. The Morgan fingerprint density at radius 2 is 2.13 bits per heavy atom. The van der Waals surface area contributed by atoms with Gasteiger partial charge in [-0.15, -0.1) is 0 Å². The number of hydrogen-bond donors (Lipinski definition) is 3. The molecule has 0 fully saturated rings. The molecular weight excluding hydrogens is 304 g/mol. The van der Waals surface area contributed by atoms with E-state index in [2.05, 4.69) is 4.74 Å². The molecule has 2 aromatic rings. The van der Waals surface area contributed by atoms with E-state index in [1.165, 1.54) is 25.1 Å². The summed E-state index contributed by atoms with van der Waals surface area (Å²) in [7, 11) is 1.12. The number of ether oxygens (including phenoxy) is 1. The van der Waals surface area contributed by atoms with Crippen molar-refractivity contribution >= 4 is 16.9 Å². The monoisotopic (exact) mass is 320 g/mol. The van der Waals surface area contributed by atoms with Gasteiger partial charge in [0.05, 0.1) is 18.3 Å². The number of hydrogen-bond acceptors (Lipinski definition) is 7. The molecule has 1 aromatic heterocycles. The van der Waals surface area contributed by atoms with Gasteiger partial charge >= 0.3 is 5.97 Å². The lowest BCUT2D eigenvalue weighted by molar-refractivity contribution is -0.154. The molecule has 7 heteroatoms. The highest BCUT2D eigenvalue weighted by Gasteiger charge is 2.49. The summed E-state index contributed by atoms with van der Waals surface area (Å²) in [5, 5.41) is 30.5. The van der Waals surface area contributed by atoms with E-state index < -0.39 is 29.0 Å². The quantitative estimate of drug-likeness (QED) is 0.652.